The molecule has 188 valence electrons. The number of carbonyl (C=O) groups is 2. The van der Waals surface area contributed by atoms with E-state index < -0.39 is 0 Å². The van der Waals surface area contributed by atoms with Crippen LogP contribution >= 0.6 is 11.8 Å². The Morgan fingerprint density at radius 1 is 1.00 bits per heavy atom. The van der Waals surface area contributed by atoms with Gasteiger partial charge >= 0.3 is 0 Å². The van der Waals surface area contributed by atoms with Crippen LogP contribution in [0.5, 0.6) is 17.2 Å². The summed E-state index contributed by atoms with van der Waals surface area (Å²) in [7, 11) is 4.69. The third kappa shape index (κ3) is 5.14. The van der Waals surface area contributed by atoms with Gasteiger partial charge in [0.2, 0.25) is 17.6 Å². The third-order valence-electron chi connectivity index (χ3n) is 6.33. The number of carbonyl (C=O) groups excluding carboxylic acids is 2. The molecular weight excluding hydrogens is 476 g/mol. The van der Waals surface area contributed by atoms with Gasteiger partial charge in [0.25, 0.3) is 0 Å². The summed E-state index contributed by atoms with van der Waals surface area (Å²) in [6, 6.07) is 17.2. The predicted molar refractivity (Wildman–Crippen MR) is 143 cm³/mol. The average Bonchev–Trinajstić information content (AvgIpc) is 3.02. The van der Waals surface area contributed by atoms with Crippen molar-refractivity contribution in [2.75, 3.05) is 38.1 Å². The standard InChI is InChI=1S/C28H30N2O5S/c1-17-9-8-10-20(18(17)2)29-26(31)16-30-21-11-6-7-12-24(21)36-25(15-27(30)32)19-13-22(33-3)28(35-5)23(14-19)34-4/h6-14,25H,15-16H2,1-5H3,(H,29,31)/t25-/m0/s1. The van der Waals surface area contributed by atoms with Crippen LogP contribution in [0, 0.1) is 13.8 Å². The third-order valence-corrected chi connectivity index (χ3v) is 7.65. The number of rotatable bonds is 7. The molecule has 3 aromatic rings. The number of aryl methyl sites for hydroxylation is 1. The minimum absolute atomic E-state index is 0.0776. The second kappa shape index (κ2) is 11.0. The number of benzene rings is 3. The molecule has 0 bridgehead atoms. The van der Waals surface area contributed by atoms with E-state index in [0.717, 1.165) is 33.0 Å². The average molecular weight is 507 g/mol. The normalized spacial score (nSPS) is 15.1. The van der Waals surface area contributed by atoms with Crippen molar-refractivity contribution in [3.8, 4) is 17.2 Å². The van der Waals surface area contributed by atoms with Gasteiger partial charge in [-0.3, -0.25) is 9.59 Å². The monoisotopic (exact) mass is 506 g/mol. The van der Waals surface area contributed by atoms with Crippen molar-refractivity contribution in [1.82, 2.24) is 0 Å². The molecule has 1 aliphatic rings. The van der Waals surface area contributed by atoms with Gasteiger partial charge in [-0.2, -0.15) is 0 Å². The molecule has 0 unspecified atom stereocenters. The number of thioether (sulfide) groups is 1. The molecule has 4 rings (SSSR count). The second-order valence-electron chi connectivity index (χ2n) is 8.51. The van der Waals surface area contributed by atoms with Crippen LogP contribution in [-0.4, -0.2) is 39.7 Å². The lowest BCUT2D eigenvalue weighted by molar-refractivity contribution is -0.121. The summed E-state index contributed by atoms with van der Waals surface area (Å²) in [5.74, 6) is 1.17. The highest BCUT2D eigenvalue weighted by Gasteiger charge is 2.31. The van der Waals surface area contributed by atoms with Crippen LogP contribution in [0.4, 0.5) is 11.4 Å². The van der Waals surface area contributed by atoms with Gasteiger partial charge in [-0.05, 0) is 60.9 Å². The number of amides is 2. The maximum absolute atomic E-state index is 13.5. The van der Waals surface area contributed by atoms with E-state index in [0.29, 0.717) is 17.2 Å². The molecule has 1 heterocycles. The minimum Gasteiger partial charge on any atom is -0.493 e. The van der Waals surface area contributed by atoms with Gasteiger partial charge in [-0.15, -0.1) is 11.8 Å². The molecule has 3 aromatic carbocycles. The van der Waals surface area contributed by atoms with Crippen molar-refractivity contribution in [1.29, 1.82) is 0 Å². The molecule has 0 aromatic heterocycles. The predicted octanol–water partition coefficient (Wildman–Crippen LogP) is 5.54. The highest BCUT2D eigenvalue weighted by Crippen LogP contribution is 2.49. The van der Waals surface area contributed by atoms with Crippen LogP contribution in [0.25, 0.3) is 0 Å². The van der Waals surface area contributed by atoms with E-state index in [4.69, 9.17) is 14.2 Å². The second-order valence-corrected chi connectivity index (χ2v) is 9.76. The van der Waals surface area contributed by atoms with Gasteiger partial charge in [0.05, 0.1) is 27.0 Å². The first-order valence-electron chi connectivity index (χ1n) is 11.6. The van der Waals surface area contributed by atoms with Crippen molar-refractivity contribution >= 4 is 35.0 Å². The van der Waals surface area contributed by atoms with Crippen molar-refractivity contribution in [2.45, 2.75) is 30.4 Å². The first-order chi connectivity index (χ1) is 17.4. The zero-order valence-corrected chi connectivity index (χ0v) is 21.9. The highest BCUT2D eigenvalue weighted by atomic mass is 32.2. The molecule has 1 aliphatic heterocycles. The summed E-state index contributed by atoms with van der Waals surface area (Å²) in [6.07, 6.45) is 0.203. The van der Waals surface area contributed by atoms with Crippen molar-refractivity contribution in [3.63, 3.8) is 0 Å². The molecule has 0 radical (unpaired) electrons. The molecule has 0 saturated carbocycles. The highest BCUT2D eigenvalue weighted by molar-refractivity contribution is 7.99. The number of nitrogens with zero attached hydrogens (tertiary/aromatic N) is 1. The summed E-state index contributed by atoms with van der Waals surface area (Å²) in [5.41, 5.74) is 4.44. The number of nitrogens with one attached hydrogen (secondary N) is 1. The smallest absolute Gasteiger partial charge is 0.244 e. The molecule has 1 N–H and O–H groups in total. The number of anilines is 2. The molecule has 8 heteroatoms. The summed E-state index contributed by atoms with van der Waals surface area (Å²) < 4.78 is 16.5. The molecule has 0 aliphatic carbocycles. The minimum atomic E-state index is -0.247. The molecule has 0 saturated heterocycles. The number of ether oxygens (including phenoxy) is 3. The van der Waals surface area contributed by atoms with Gasteiger partial charge in [-0.25, -0.2) is 0 Å². The Balaban J connectivity index is 1.64. The van der Waals surface area contributed by atoms with Gasteiger partial charge in [0.15, 0.2) is 11.5 Å². The molecule has 1 atom stereocenters. The molecule has 0 spiro atoms. The number of fused-ring (bicyclic) bond motifs is 1. The van der Waals surface area contributed by atoms with Crippen molar-refractivity contribution < 1.29 is 23.8 Å². The fourth-order valence-corrected chi connectivity index (χ4v) is 5.50. The molecule has 0 fully saturated rings. The van der Waals surface area contributed by atoms with E-state index in [1.165, 1.54) is 0 Å². The van der Waals surface area contributed by atoms with Gasteiger partial charge in [-0.1, -0.05) is 24.3 Å². The zero-order chi connectivity index (χ0) is 25.8. The lowest BCUT2D eigenvalue weighted by atomic mass is 10.1. The number of hydrogen-bond acceptors (Lipinski definition) is 6. The Kier molecular flexibility index (Phi) is 7.74. The van der Waals surface area contributed by atoms with Crippen molar-refractivity contribution in [2.24, 2.45) is 0 Å². The maximum Gasteiger partial charge on any atom is 0.244 e. The van der Waals surface area contributed by atoms with Gasteiger partial charge in [0.1, 0.15) is 6.54 Å². The van der Waals surface area contributed by atoms with Crippen LogP contribution in [-0.2, 0) is 9.59 Å². The van der Waals surface area contributed by atoms with Gasteiger partial charge in [0, 0.05) is 22.3 Å². The van der Waals surface area contributed by atoms with E-state index in [9.17, 15) is 9.59 Å². The largest absolute Gasteiger partial charge is 0.493 e. The SMILES string of the molecule is COc1cc([C@@H]2CC(=O)N(CC(=O)Nc3cccc(C)c3C)c3ccccc3S2)cc(OC)c1OC. The Hall–Kier alpha value is -3.65. The summed E-state index contributed by atoms with van der Waals surface area (Å²) >= 11 is 1.58. The molecule has 2 amide bonds. The van der Waals surface area contributed by atoms with Crippen LogP contribution in [0.3, 0.4) is 0 Å². The lowest BCUT2D eigenvalue weighted by Crippen LogP contribution is -2.38. The molecule has 7 nitrogen and oxygen atoms in total. The number of hydrogen-bond donors (Lipinski definition) is 1. The maximum atomic E-state index is 13.5. The summed E-state index contributed by atoms with van der Waals surface area (Å²) in [4.78, 5) is 29.1. The fraction of sp³-hybridized carbons (Fsp3) is 0.286. The number of para-hydroxylation sites is 1. The quantitative estimate of drug-likeness (QED) is 0.454. The van der Waals surface area contributed by atoms with Crippen LogP contribution in [0.2, 0.25) is 0 Å². The molecule has 36 heavy (non-hydrogen) atoms. The van der Waals surface area contributed by atoms with E-state index in [1.807, 2.05) is 68.4 Å². The van der Waals surface area contributed by atoms with Crippen LogP contribution in [0.15, 0.2) is 59.5 Å². The number of methoxy groups -OCH3 is 3. The fourth-order valence-electron chi connectivity index (χ4n) is 4.24. The molecular formula is C28H30N2O5S. The van der Waals surface area contributed by atoms with E-state index in [-0.39, 0.29) is 30.0 Å². The lowest BCUT2D eigenvalue weighted by Gasteiger charge is -2.22. The van der Waals surface area contributed by atoms with E-state index in [1.54, 1.807) is 38.0 Å². The first-order valence-corrected chi connectivity index (χ1v) is 12.5. The summed E-state index contributed by atoms with van der Waals surface area (Å²) in [6.45, 7) is 3.89. The Bertz CT molecular complexity index is 1270. The van der Waals surface area contributed by atoms with Gasteiger partial charge < -0.3 is 24.4 Å². The topological polar surface area (TPSA) is 77.1 Å². The van der Waals surface area contributed by atoms with E-state index >= 15 is 0 Å². The Labute approximate surface area is 215 Å². The van der Waals surface area contributed by atoms with Crippen LogP contribution < -0.4 is 24.4 Å². The van der Waals surface area contributed by atoms with Crippen molar-refractivity contribution in [3.05, 3.63) is 71.3 Å². The van der Waals surface area contributed by atoms with E-state index in [2.05, 4.69) is 5.32 Å². The van der Waals surface area contributed by atoms with Crippen LogP contribution in [0.1, 0.15) is 28.4 Å². The first kappa shape index (κ1) is 25.4. The zero-order valence-electron chi connectivity index (χ0n) is 21.1. The Morgan fingerprint density at radius 2 is 1.69 bits per heavy atom. The Morgan fingerprint density at radius 3 is 2.36 bits per heavy atom. The summed E-state index contributed by atoms with van der Waals surface area (Å²) in [5, 5.41) is 2.76.